The molecule has 3 rings (SSSR count). The van der Waals surface area contributed by atoms with Crippen LogP contribution in [0.25, 0.3) is 0 Å². The minimum atomic E-state index is 0.529. The maximum atomic E-state index is 5.38. The number of nitrogens with one attached hydrogen (secondary N) is 2. The summed E-state index contributed by atoms with van der Waals surface area (Å²) in [7, 11) is 0. The molecule has 2 heterocycles. The maximum Gasteiger partial charge on any atom is 0.229 e. The fraction of sp³-hybridized carbons (Fsp3) is 0.500. The largest absolute Gasteiger partial charge is 0.379 e. The van der Waals surface area contributed by atoms with Gasteiger partial charge in [0.25, 0.3) is 0 Å². The van der Waals surface area contributed by atoms with Crippen LogP contribution in [0.5, 0.6) is 0 Å². The van der Waals surface area contributed by atoms with Crippen LogP contribution in [-0.2, 0) is 4.74 Å². The highest BCUT2D eigenvalue weighted by Gasteiger charge is 2.10. The van der Waals surface area contributed by atoms with E-state index < -0.39 is 0 Å². The minimum Gasteiger partial charge on any atom is -0.379 e. The zero-order chi connectivity index (χ0) is 18.4. The van der Waals surface area contributed by atoms with Gasteiger partial charge < -0.3 is 15.4 Å². The zero-order valence-corrected chi connectivity index (χ0v) is 16.0. The third-order valence-electron chi connectivity index (χ3n) is 4.53. The number of anilines is 3. The first-order valence-electron chi connectivity index (χ1n) is 9.37. The molecular formula is C20H29N5O. The van der Waals surface area contributed by atoms with Gasteiger partial charge in [-0.3, -0.25) is 4.90 Å². The number of nitrogens with zero attached hydrogens (tertiary/aromatic N) is 3. The molecule has 1 aromatic carbocycles. The lowest BCUT2D eigenvalue weighted by Crippen LogP contribution is -2.39. The predicted octanol–water partition coefficient (Wildman–Crippen LogP) is 3.40. The van der Waals surface area contributed by atoms with Gasteiger partial charge in [-0.2, -0.15) is 4.98 Å². The summed E-state index contributed by atoms with van der Waals surface area (Å²) in [4.78, 5) is 11.5. The molecule has 0 amide bonds. The van der Waals surface area contributed by atoms with Crippen molar-refractivity contribution in [3.8, 4) is 0 Å². The highest BCUT2D eigenvalue weighted by atomic mass is 16.5. The van der Waals surface area contributed by atoms with Gasteiger partial charge >= 0.3 is 0 Å². The van der Waals surface area contributed by atoms with Gasteiger partial charge in [0.1, 0.15) is 5.82 Å². The van der Waals surface area contributed by atoms with Gasteiger partial charge in [-0.1, -0.05) is 26.0 Å². The van der Waals surface area contributed by atoms with Crippen molar-refractivity contribution in [2.45, 2.75) is 26.7 Å². The van der Waals surface area contributed by atoms with Crippen LogP contribution in [0.3, 0.4) is 0 Å². The van der Waals surface area contributed by atoms with Crippen LogP contribution in [0.4, 0.5) is 17.5 Å². The molecule has 1 aliphatic heterocycles. The molecule has 1 aromatic heterocycles. The first-order chi connectivity index (χ1) is 12.6. The Morgan fingerprint density at radius 2 is 1.85 bits per heavy atom. The van der Waals surface area contributed by atoms with Crippen molar-refractivity contribution in [2.24, 2.45) is 0 Å². The Kier molecular flexibility index (Phi) is 6.41. The van der Waals surface area contributed by atoms with Crippen LogP contribution >= 0.6 is 0 Å². The summed E-state index contributed by atoms with van der Waals surface area (Å²) in [5.41, 5.74) is 3.26. The fourth-order valence-electron chi connectivity index (χ4n) is 2.96. The first-order valence-corrected chi connectivity index (χ1v) is 9.37. The zero-order valence-electron chi connectivity index (χ0n) is 16.0. The molecule has 2 aromatic rings. The normalized spacial score (nSPS) is 15.2. The van der Waals surface area contributed by atoms with Crippen LogP contribution in [0, 0.1) is 6.92 Å². The summed E-state index contributed by atoms with van der Waals surface area (Å²) in [5, 5.41) is 6.71. The van der Waals surface area contributed by atoms with E-state index in [1.54, 1.807) is 0 Å². The number of morpholine rings is 1. The van der Waals surface area contributed by atoms with Crippen molar-refractivity contribution in [3.63, 3.8) is 0 Å². The molecule has 6 nitrogen and oxygen atoms in total. The SMILES string of the molecule is Cc1cc(NCCN2CCOCC2)nc(Nc2ccc(C(C)C)cc2)n1. The van der Waals surface area contributed by atoms with E-state index in [1.807, 2.05) is 13.0 Å². The van der Waals surface area contributed by atoms with Gasteiger partial charge in [-0.15, -0.1) is 0 Å². The van der Waals surface area contributed by atoms with E-state index in [0.29, 0.717) is 11.9 Å². The van der Waals surface area contributed by atoms with Gasteiger partial charge in [0, 0.05) is 43.6 Å². The Balaban J connectivity index is 1.57. The van der Waals surface area contributed by atoms with E-state index in [2.05, 4.69) is 63.6 Å². The summed E-state index contributed by atoms with van der Waals surface area (Å²) in [6.07, 6.45) is 0. The molecule has 1 saturated heterocycles. The summed E-state index contributed by atoms with van der Waals surface area (Å²) in [5.74, 6) is 2.00. The average Bonchev–Trinajstić information content (AvgIpc) is 2.62. The lowest BCUT2D eigenvalue weighted by molar-refractivity contribution is 0.0398. The van der Waals surface area contributed by atoms with Crippen molar-refractivity contribution >= 4 is 17.5 Å². The number of ether oxygens (including phenoxy) is 1. The van der Waals surface area contributed by atoms with E-state index in [-0.39, 0.29) is 0 Å². The molecule has 0 saturated carbocycles. The van der Waals surface area contributed by atoms with Crippen molar-refractivity contribution in [3.05, 3.63) is 41.6 Å². The van der Waals surface area contributed by atoms with Gasteiger partial charge in [-0.25, -0.2) is 4.98 Å². The number of aromatic nitrogens is 2. The van der Waals surface area contributed by atoms with Gasteiger partial charge in [-0.05, 0) is 30.5 Å². The van der Waals surface area contributed by atoms with Crippen molar-refractivity contribution in [2.75, 3.05) is 50.0 Å². The second-order valence-electron chi connectivity index (χ2n) is 7.00. The van der Waals surface area contributed by atoms with E-state index >= 15 is 0 Å². The Bertz CT molecular complexity index is 696. The molecule has 0 bridgehead atoms. The van der Waals surface area contributed by atoms with Crippen molar-refractivity contribution in [1.82, 2.24) is 14.9 Å². The Labute approximate surface area is 156 Å². The van der Waals surface area contributed by atoms with Crippen LogP contribution in [-0.4, -0.2) is 54.3 Å². The van der Waals surface area contributed by atoms with Crippen molar-refractivity contribution in [1.29, 1.82) is 0 Å². The van der Waals surface area contributed by atoms with E-state index in [0.717, 1.165) is 56.6 Å². The highest BCUT2D eigenvalue weighted by Crippen LogP contribution is 2.20. The maximum absolute atomic E-state index is 5.38. The van der Waals surface area contributed by atoms with Crippen LogP contribution < -0.4 is 10.6 Å². The standard InChI is InChI=1S/C20H29N5O/c1-15(2)17-4-6-18(7-5-17)23-20-22-16(3)14-19(24-20)21-8-9-25-10-12-26-13-11-25/h4-7,14-15H,8-13H2,1-3H3,(H2,21,22,23,24). The smallest absolute Gasteiger partial charge is 0.229 e. The molecule has 0 aliphatic carbocycles. The molecule has 1 fully saturated rings. The molecule has 6 heteroatoms. The number of rotatable bonds is 7. The Hall–Kier alpha value is -2.18. The van der Waals surface area contributed by atoms with E-state index in [9.17, 15) is 0 Å². The average molecular weight is 355 g/mol. The summed E-state index contributed by atoms with van der Waals surface area (Å²) in [6.45, 7) is 11.9. The summed E-state index contributed by atoms with van der Waals surface area (Å²) < 4.78 is 5.38. The molecule has 1 aliphatic rings. The molecule has 26 heavy (non-hydrogen) atoms. The molecule has 0 unspecified atom stereocenters. The summed E-state index contributed by atoms with van der Waals surface area (Å²) >= 11 is 0. The second-order valence-corrected chi connectivity index (χ2v) is 7.00. The van der Waals surface area contributed by atoms with E-state index in [1.165, 1.54) is 5.56 Å². The highest BCUT2D eigenvalue weighted by molar-refractivity contribution is 5.55. The molecule has 2 N–H and O–H groups in total. The third kappa shape index (κ3) is 5.41. The minimum absolute atomic E-state index is 0.529. The fourth-order valence-corrected chi connectivity index (χ4v) is 2.96. The number of aryl methyl sites for hydroxylation is 1. The van der Waals surface area contributed by atoms with Gasteiger partial charge in [0.2, 0.25) is 5.95 Å². The molecule has 0 atom stereocenters. The lowest BCUT2D eigenvalue weighted by atomic mass is 10.0. The predicted molar refractivity (Wildman–Crippen MR) is 106 cm³/mol. The van der Waals surface area contributed by atoms with Gasteiger partial charge in [0.15, 0.2) is 0 Å². The number of hydrogen-bond acceptors (Lipinski definition) is 6. The summed E-state index contributed by atoms with van der Waals surface area (Å²) in [6, 6.07) is 10.4. The second kappa shape index (κ2) is 8.96. The van der Waals surface area contributed by atoms with Crippen LogP contribution in [0.2, 0.25) is 0 Å². The molecular weight excluding hydrogens is 326 g/mol. The molecule has 140 valence electrons. The monoisotopic (exact) mass is 355 g/mol. The van der Waals surface area contributed by atoms with E-state index in [4.69, 9.17) is 4.74 Å². The number of benzene rings is 1. The van der Waals surface area contributed by atoms with Crippen LogP contribution in [0.15, 0.2) is 30.3 Å². The number of hydrogen-bond donors (Lipinski definition) is 2. The Morgan fingerprint density at radius 1 is 1.12 bits per heavy atom. The van der Waals surface area contributed by atoms with Crippen molar-refractivity contribution < 1.29 is 4.74 Å². The topological polar surface area (TPSA) is 62.3 Å². The molecule has 0 radical (unpaired) electrons. The third-order valence-corrected chi connectivity index (χ3v) is 4.53. The van der Waals surface area contributed by atoms with Crippen LogP contribution in [0.1, 0.15) is 31.0 Å². The quantitative estimate of drug-likeness (QED) is 0.794. The lowest BCUT2D eigenvalue weighted by Gasteiger charge is -2.26. The Morgan fingerprint density at radius 3 is 2.54 bits per heavy atom. The van der Waals surface area contributed by atoms with Gasteiger partial charge in [0.05, 0.1) is 13.2 Å². The molecule has 0 spiro atoms. The first kappa shape index (κ1) is 18.6.